The van der Waals surface area contributed by atoms with E-state index in [1.807, 2.05) is 23.9 Å². The van der Waals surface area contributed by atoms with E-state index < -0.39 is 0 Å². The summed E-state index contributed by atoms with van der Waals surface area (Å²) in [4.78, 5) is 6.75. The summed E-state index contributed by atoms with van der Waals surface area (Å²) in [6.07, 6.45) is 6.08. The smallest absolute Gasteiger partial charge is 0.0501 e. The van der Waals surface area contributed by atoms with Gasteiger partial charge in [-0.05, 0) is 31.9 Å². The Balaban J connectivity index is 2.41. The van der Waals surface area contributed by atoms with E-state index in [0.717, 1.165) is 24.3 Å². The zero-order chi connectivity index (χ0) is 12.7. The highest BCUT2D eigenvalue weighted by Crippen LogP contribution is 2.09. The SMILES string of the molecule is CCC(CSC)N(C)CCc1ccc(N)cn1. The first-order valence-electron chi connectivity index (χ1n) is 6.07. The number of rotatable bonds is 7. The van der Waals surface area contributed by atoms with Crippen molar-refractivity contribution in [1.29, 1.82) is 0 Å². The van der Waals surface area contributed by atoms with Gasteiger partial charge in [-0.1, -0.05) is 6.92 Å². The molecule has 1 aromatic heterocycles. The van der Waals surface area contributed by atoms with Crippen LogP contribution in [0, 0.1) is 0 Å². The molecule has 1 unspecified atom stereocenters. The van der Waals surface area contributed by atoms with Gasteiger partial charge in [0.1, 0.15) is 0 Å². The molecule has 3 nitrogen and oxygen atoms in total. The Hall–Kier alpha value is -0.740. The monoisotopic (exact) mass is 253 g/mol. The van der Waals surface area contributed by atoms with Crippen LogP contribution in [0.1, 0.15) is 19.0 Å². The molecular weight excluding hydrogens is 230 g/mol. The molecule has 0 radical (unpaired) electrons. The third-order valence-corrected chi connectivity index (χ3v) is 3.74. The molecule has 0 saturated heterocycles. The molecule has 2 N–H and O–H groups in total. The minimum atomic E-state index is 0.666. The molecule has 1 rings (SSSR count). The molecule has 0 bridgehead atoms. The van der Waals surface area contributed by atoms with Gasteiger partial charge in [0.2, 0.25) is 0 Å². The van der Waals surface area contributed by atoms with Crippen molar-refractivity contribution in [3.63, 3.8) is 0 Å². The number of nitrogen functional groups attached to an aromatic ring is 1. The van der Waals surface area contributed by atoms with Gasteiger partial charge >= 0.3 is 0 Å². The van der Waals surface area contributed by atoms with Gasteiger partial charge in [-0.15, -0.1) is 0 Å². The van der Waals surface area contributed by atoms with Crippen LogP contribution in [0.2, 0.25) is 0 Å². The zero-order valence-electron chi connectivity index (χ0n) is 11.0. The van der Waals surface area contributed by atoms with Crippen LogP contribution in [0.15, 0.2) is 18.3 Å². The number of thioether (sulfide) groups is 1. The largest absolute Gasteiger partial charge is 0.397 e. The second kappa shape index (κ2) is 7.56. The van der Waals surface area contributed by atoms with Crippen LogP contribution in [0.5, 0.6) is 0 Å². The predicted molar refractivity (Wildman–Crippen MR) is 77.4 cm³/mol. The molecule has 1 aromatic rings. The third-order valence-electron chi connectivity index (χ3n) is 3.02. The lowest BCUT2D eigenvalue weighted by atomic mass is 10.2. The molecule has 1 heterocycles. The molecule has 0 saturated carbocycles. The molecule has 0 aliphatic heterocycles. The summed E-state index contributed by atoms with van der Waals surface area (Å²) >= 11 is 1.91. The van der Waals surface area contributed by atoms with Gasteiger partial charge in [0.15, 0.2) is 0 Å². The first-order chi connectivity index (χ1) is 8.17. The molecule has 17 heavy (non-hydrogen) atoms. The summed E-state index contributed by atoms with van der Waals surface area (Å²) in [6.45, 7) is 3.30. The quantitative estimate of drug-likeness (QED) is 0.809. The lowest BCUT2D eigenvalue weighted by Gasteiger charge is -2.26. The summed E-state index contributed by atoms with van der Waals surface area (Å²) < 4.78 is 0. The van der Waals surface area contributed by atoms with Crippen LogP contribution in [0.25, 0.3) is 0 Å². The van der Waals surface area contributed by atoms with Crippen molar-refractivity contribution in [1.82, 2.24) is 9.88 Å². The lowest BCUT2D eigenvalue weighted by molar-refractivity contribution is 0.258. The van der Waals surface area contributed by atoms with Crippen molar-refractivity contribution in [2.75, 3.05) is 31.3 Å². The molecule has 0 fully saturated rings. The maximum Gasteiger partial charge on any atom is 0.0501 e. The summed E-state index contributed by atoms with van der Waals surface area (Å²) in [6, 6.07) is 4.60. The van der Waals surface area contributed by atoms with E-state index in [0.29, 0.717) is 6.04 Å². The second-order valence-corrected chi connectivity index (χ2v) is 5.24. The fraction of sp³-hybridized carbons (Fsp3) is 0.615. The highest BCUT2D eigenvalue weighted by Gasteiger charge is 2.11. The average molecular weight is 253 g/mol. The highest BCUT2D eigenvalue weighted by molar-refractivity contribution is 7.98. The van der Waals surface area contributed by atoms with Crippen molar-refractivity contribution in [2.45, 2.75) is 25.8 Å². The fourth-order valence-corrected chi connectivity index (χ4v) is 2.68. The summed E-state index contributed by atoms with van der Waals surface area (Å²) in [5.74, 6) is 1.20. The number of nitrogens with two attached hydrogens (primary N) is 1. The van der Waals surface area contributed by atoms with Gasteiger partial charge in [0.25, 0.3) is 0 Å². The molecule has 0 aliphatic carbocycles. The Kier molecular flexibility index (Phi) is 6.37. The maximum atomic E-state index is 5.62. The Bertz CT molecular complexity index is 313. The number of likely N-dealkylation sites (N-methyl/N-ethyl adjacent to an activating group) is 1. The van der Waals surface area contributed by atoms with Gasteiger partial charge in [-0.25, -0.2) is 0 Å². The Morgan fingerprint density at radius 3 is 2.76 bits per heavy atom. The van der Waals surface area contributed by atoms with E-state index in [2.05, 4.69) is 30.1 Å². The summed E-state index contributed by atoms with van der Waals surface area (Å²) in [7, 11) is 2.20. The molecule has 0 aromatic carbocycles. The molecule has 4 heteroatoms. The van der Waals surface area contributed by atoms with Crippen molar-refractivity contribution in [3.05, 3.63) is 24.0 Å². The van der Waals surface area contributed by atoms with Crippen LogP contribution in [0.4, 0.5) is 5.69 Å². The maximum absolute atomic E-state index is 5.62. The minimum Gasteiger partial charge on any atom is -0.397 e. The summed E-state index contributed by atoms with van der Waals surface area (Å²) in [5.41, 5.74) is 7.46. The van der Waals surface area contributed by atoms with Gasteiger partial charge in [0.05, 0.1) is 11.9 Å². The van der Waals surface area contributed by atoms with E-state index in [-0.39, 0.29) is 0 Å². The first-order valence-corrected chi connectivity index (χ1v) is 7.46. The van der Waals surface area contributed by atoms with E-state index >= 15 is 0 Å². The van der Waals surface area contributed by atoms with E-state index in [1.165, 1.54) is 12.2 Å². The number of nitrogens with zero attached hydrogens (tertiary/aromatic N) is 2. The van der Waals surface area contributed by atoms with Crippen LogP contribution in [-0.2, 0) is 6.42 Å². The van der Waals surface area contributed by atoms with Crippen LogP contribution >= 0.6 is 11.8 Å². The van der Waals surface area contributed by atoms with Crippen LogP contribution in [-0.4, -0.2) is 41.5 Å². The van der Waals surface area contributed by atoms with E-state index in [9.17, 15) is 0 Å². The number of hydrogen-bond donors (Lipinski definition) is 1. The fourth-order valence-electron chi connectivity index (χ4n) is 1.81. The molecular formula is C13H23N3S. The number of pyridine rings is 1. The number of aromatic nitrogens is 1. The predicted octanol–water partition coefficient (Wildman–Crippen LogP) is 2.28. The van der Waals surface area contributed by atoms with E-state index in [1.54, 1.807) is 6.20 Å². The number of hydrogen-bond acceptors (Lipinski definition) is 4. The zero-order valence-corrected chi connectivity index (χ0v) is 11.8. The van der Waals surface area contributed by atoms with Crippen molar-refractivity contribution >= 4 is 17.4 Å². The molecule has 0 aliphatic rings. The molecule has 96 valence electrons. The van der Waals surface area contributed by atoms with Crippen molar-refractivity contribution in [2.24, 2.45) is 0 Å². The Morgan fingerprint density at radius 1 is 1.47 bits per heavy atom. The minimum absolute atomic E-state index is 0.666. The van der Waals surface area contributed by atoms with Gasteiger partial charge in [-0.3, -0.25) is 4.98 Å². The Labute approximate surface area is 109 Å². The van der Waals surface area contributed by atoms with Gasteiger partial charge in [0, 0.05) is 30.5 Å². The Morgan fingerprint density at radius 2 is 2.24 bits per heavy atom. The van der Waals surface area contributed by atoms with E-state index in [4.69, 9.17) is 5.73 Å². The van der Waals surface area contributed by atoms with Crippen molar-refractivity contribution < 1.29 is 0 Å². The van der Waals surface area contributed by atoms with Crippen LogP contribution in [0.3, 0.4) is 0 Å². The molecule has 0 spiro atoms. The normalized spacial score (nSPS) is 12.9. The summed E-state index contributed by atoms with van der Waals surface area (Å²) in [5, 5.41) is 0. The number of anilines is 1. The highest BCUT2D eigenvalue weighted by atomic mass is 32.2. The van der Waals surface area contributed by atoms with Gasteiger partial charge in [-0.2, -0.15) is 11.8 Å². The molecule has 1 atom stereocenters. The second-order valence-electron chi connectivity index (χ2n) is 4.33. The lowest BCUT2D eigenvalue weighted by Crippen LogP contribution is -2.34. The first kappa shape index (κ1) is 14.3. The average Bonchev–Trinajstić information content (AvgIpc) is 2.35. The third kappa shape index (κ3) is 4.96. The van der Waals surface area contributed by atoms with Crippen molar-refractivity contribution in [3.8, 4) is 0 Å². The van der Waals surface area contributed by atoms with Crippen LogP contribution < -0.4 is 5.73 Å². The van der Waals surface area contributed by atoms with Gasteiger partial charge < -0.3 is 10.6 Å². The standard InChI is InChI=1S/C13H23N3S/c1-4-13(10-17-3)16(2)8-7-12-6-5-11(14)9-15-12/h5-6,9,13H,4,7-8,10,14H2,1-3H3. The topological polar surface area (TPSA) is 42.1 Å². The molecule has 0 amide bonds.